The van der Waals surface area contributed by atoms with Crippen molar-refractivity contribution >= 4 is 17.7 Å². The number of anilines is 1. The lowest BCUT2D eigenvalue weighted by Gasteiger charge is -2.09. The van der Waals surface area contributed by atoms with Gasteiger partial charge in [0.25, 0.3) is 5.91 Å². The number of hydrogen-bond acceptors (Lipinski definition) is 2. The molecule has 3 aromatic rings. The van der Waals surface area contributed by atoms with Gasteiger partial charge in [-0.15, -0.1) is 0 Å². The number of carbonyl (C=O) groups is 1. The van der Waals surface area contributed by atoms with Crippen molar-refractivity contribution < 1.29 is 4.79 Å². The van der Waals surface area contributed by atoms with E-state index in [2.05, 4.69) is 9.88 Å². The minimum absolute atomic E-state index is 0.0714. The largest absolute Gasteiger partial charge is 0.321 e. The van der Waals surface area contributed by atoms with Gasteiger partial charge in [-0.3, -0.25) is 4.79 Å². The van der Waals surface area contributed by atoms with Gasteiger partial charge in [0, 0.05) is 22.8 Å². The van der Waals surface area contributed by atoms with E-state index >= 15 is 0 Å². The first-order chi connectivity index (χ1) is 12.6. The standard InChI is InChI=1S/C22H19N3O/c1-16-13-18(17(2)25(16)21-11-7-4-8-12-21)14-19(15-23)22(26)24-20-9-5-3-6-10-20/h3-14H,1-2H3,(H,24,26)/b19-14+. The van der Waals surface area contributed by atoms with Gasteiger partial charge in [-0.1, -0.05) is 36.4 Å². The third-order valence-corrected chi connectivity index (χ3v) is 4.18. The fourth-order valence-electron chi connectivity index (χ4n) is 2.93. The van der Waals surface area contributed by atoms with Gasteiger partial charge in [0.1, 0.15) is 11.6 Å². The highest BCUT2D eigenvalue weighted by atomic mass is 16.1. The first kappa shape index (κ1) is 17.2. The lowest BCUT2D eigenvalue weighted by Crippen LogP contribution is -2.13. The molecule has 0 spiro atoms. The molecule has 4 heteroatoms. The monoisotopic (exact) mass is 341 g/mol. The number of aromatic nitrogens is 1. The van der Waals surface area contributed by atoms with Crippen LogP contribution in [-0.2, 0) is 4.79 Å². The fourth-order valence-corrected chi connectivity index (χ4v) is 2.93. The van der Waals surface area contributed by atoms with Crippen molar-refractivity contribution in [2.75, 3.05) is 5.32 Å². The van der Waals surface area contributed by atoms with Crippen LogP contribution in [0.2, 0.25) is 0 Å². The highest BCUT2D eigenvalue weighted by molar-refractivity contribution is 6.09. The molecule has 3 rings (SSSR count). The molecule has 1 N–H and O–H groups in total. The molecule has 128 valence electrons. The first-order valence-electron chi connectivity index (χ1n) is 8.32. The van der Waals surface area contributed by atoms with Gasteiger partial charge in [-0.05, 0) is 55.8 Å². The second kappa shape index (κ2) is 7.54. The van der Waals surface area contributed by atoms with Crippen molar-refractivity contribution in [2.45, 2.75) is 13.8 Å². The van der Waals surface area contributed by atoms with E-state index in [1.807, 2.05) is 74.5 Å². The summed E-state index contributed by atoms with van der Waals surface area (Å²) in [5.74, 6) is -0.414. The van der Waals surface area contributed by atoms with Crippen LogP contribution in [0.5, 0.6) is 0 Å². The summed E-state index contributed by atoms with van der Waals surface area (Å²) in [7, 11) is 0. The molecule has 1 amide bonds. The van der Waals surface area contributed by atoms with E-state index in [4.69, 9.17) is 0 Å². The van der Waals surface area contributed by atoms with E-state index in [0.717, 1.165) is 22.6 Å². The van der Waals surface area contributed by atoms with Crippen molar-refractivity contribution in [3.05, 3.63) is 89.3 Å². The Kier molecular flexibility index (Phi) is 5.00. The Bertz CT molecular complexity index is 993. The zero-order valence-electron chi connectivity index (χ0n) is 14.7. The minimum Gasteiger partial charge on any atom is -0.321 e. The van der Waals surface area contributed by atoms with Crippen LogP contribution < -0.4 is 5.32 Å². The van der Waals surface area contributed by atoms with E-state index in [-0.39, 0.29) is 5.57 Å². The number of carbonyl (C=O) groups excluding carboxylic acids is 1. The summed E-state index contributed by atoms with van der Waals surface area (Å²) in [5.41, 5.74) is 4.66. The highest BCUT2D eigenvalue weighted by Crippen LogP contribution is 2.23. The van der Waals surface area contributed by atoms with Gasteiger partial charge >= 0.3 is 0 Å². The summed E-state index contributed by atoms with van der Waals surface area (Å²) in [5, 5.41) is 12.2. The molecule has 0 aliphatic carbocycles. The second-order valence-electron chi connectivity index (χ2n) is 5.99. The third-order valence-electron chi connectivity index (χ3n) is 4.18. The van der Waals surface area contributed by atoms with Crippen LogP contribution >= 0.6 is 0 Å². The van der Waals surface area contributed by atoms with Crippen LogP contribution in [0, 0.1) is 25.2 Å². The molecule has 0 fully saturated rings. The SMILES string of the molecule is Cc1cc(/C=C(\C#N)C(=O)Nc2ccccc2)c(C)n1-c1ccccc1. The maximum atomic E-state index is 12.4. The number of aryl methyl sites for hydroxylation is 1. The molecule has 0 aliphatic rings. The maximum absolute atomic E-state index is 12.4. The number of amides is 1. The number of nitrogens with one attached hydrogen (secondary N) is 1. The fraction of sp³-hybridized carbons (Fsp3) is 0.0909. The molecular weight excluding hydrogens is 322 g/mol. The number of hydrogen-bond donors (Lipinski definition) is 1. The van der Waals surface area contributed by atoms with Gasteiger partial charge < -0.3 is 9.88 Å². The van der Waals surface area contributed by atoms with Crippen LogP contribution in [0.4, 0.5) is 5.69 Å². The Balaban J connectivity index is 1.93. The molecule has 1 aromatic heterocycles. The summed E-state index contributed by atoms with van der Waals surface area (Å²) in [6.45, 7) is 3.99. The van der Waals surface area contributed by atoms with Gasteiger partial charge in [-0.25, -0.2) is 0 Å². The Morgan fingerprint density at radius 1 is 1.04 bits per heavy atom. The molecule has 0 saturated heterocycles. The lowest BCUT2D eigenvalue weighted by molar-refractivity contribution is -0.112. The summed E-state index contributed by atoms with van der Waals surface area (Å²) >= 11 is 0. The Hall–Kier alpha value is -3.58. The average molecular weight is 341 g/mol. The van der Waals surface area contributed by atoms with Gasteiger partial charge in [-0.2, -0.15) is 5.26 Å². The van der Waals surface area contributed by atoms with Crippen LogP contribution in [0.15, 0.2) is 72.3 Å². The molecule has 4 nitrogen and oxygen atoms in total. The average Bonchev–Trinajstić information content (AvgIpc) is 2.94. The van der Waals surface area contributed by atoms with Gasteiger partial charge in [0.05, 0.1) is 0 Å². The van der Waals surface area contributed by atoms with E-state index in [9.17, 15) is 10.1 Å². The molecule has 1 heterocycles. The zero-order valence-corrected chi connectivity index (χ0v) is 14.7. The van der Waals surface area contributed by atoms with E-state index < -0.39 is 5.91 Å². The van der Waals surface area contributed by atoms with E-state index in [1.54, 1.807) is 18.2 Å². The van der Waals surface area contributed by atoms with Crippen molar-refractivity contribution in [3.63, 3.8) is 0 Å². The van der Waals surface area contributed by atoms with E-state index in [1.165, 1.54) is 0 Å². The summed E-state index contributed by atoms with van der Waals surface area (Å²) in [4.78, 5) is 12.4. The number of benzene rings is 2. The third kappa shape index (κ3) is 3.57. The Labute approximate surface area is 153 Å². The predicted molar refractivity (Wildman–Crippen MR) is 104 cm³/mol. The normalized spacial score (nSPS) is 11.0. The smallest absolute Gasteiger partial charge is 0.266 e. The molecule has 2 aromatic carbocycles. The van der Waals surface area contributed by atoms with Crippen molar-refractivity contribution in [3.8, 4) is 11.8 Å². The molecule has 0 unspecified atom stereocenters. The molecule has 0 bridgehead atoms. The molecule has 0 atom stereocenters. The quantitative estimate of drug-likeness (QED) is 0.555. The number of para-hydroxylation sites is 2. The van der Waals surface area contributed by atoms with Crippen molar-refractivity contribution in [2.24, 2.45) is 0 Å². The van der Waals surface area contributed by atoms with Crippen LogP contribution in [0.1, 0.15) is 17.0 Å². The number of nitrogens with zero attached hydrogens (tertiary/aromatic N) is 2. The molecule has 26 heavy (non-hydrogen) atoms. The molecule has 0 aliphatic heterocycles. The second-order valence-corrected chi connectivity index (χ2v) is 5.99. The van der Waals surface area contributed by atoms with Crippen LogP contribution in [-0.4, -0.2) is 10.5 Å². The van der Waals surface area contributed by atoms with Crippen LogP contribution in [0.3, 0.4) is 0 Å². The molecule has 0 saturated carbocycles. The minimum atomic E-state index is -0.414. The van der Waals surface area contributed by atoms with Crippen molar-refractivity contribution in [1.82, 2.24) is 4.57 Å². The summed E-state index contributed by atoms with van der Waals surface area (Å²) in [6, 6.07) is 23.1. The zero-order chi connectivity index (χ0) is 18.5. The molecule has 0 radical (unpaired) electrons. The number of nitriles is 1. The van der Waals surface area contributed by atoms with E-state index in [0.29, 0.717) is 5.69 Å². The summed E-state index contributed by atoms with van der Waals surface area (Å²) < 4.78 is 2.11. The van der Waals surface area contributed by atoms with Gasteiger partial charge in [0.15, 0.2) is 0 Å². The van der Waals surface area contributed by atoms with Crippen molar-refractivity contribution in [1.29, 1.82) is 5.26 Å². The summed E-state index contributed by atoms with van der Waals surface area (Å²) in [6.07, 6.45) is 1.64. The highest BCUT2D eigenvalue weighted by Gasteiger charge is 2.13. The topological polar surface area (TPSA) is 57.8 Å². The Morgan fingerprint density at radius 2 is 1.65 bits per heavy atom. The lowest BCUT2D eigenvalue weighted by atomic mass is 10.1. The predicted octanol–water partition coefficient (Wildman–Crippen LogP) is 4.64. The van der Waals surface area contributed by atoms with Gasteiger partial charge in [0.2, 0.25) is 0 Å². The van der Waals surface area contributed by atoms with Crippen LogP contribution in [0.25, 0.3) is 11.8 Å². The number of rotatable bonds is 4. The Morgan fingerprint density at radius 3 is 2.27 bits per heavy atom. The maximum Gasteiger partial charge on any atom is 0.266 e. The molecular formula is C22H19N3O. The first-order valence-corrected chi connectivity index (χ1v) is 8.32.